The quantitative estimate of drug-likeness (QED) is 0.496. The summed E-state index contributed by atoms with van der Waals surface area (Å²) in [6.45, 7) is 1.72. The van der Waals surface area contributed by atoms with E-state index in [1.807, 2.05) is 0 Å². The van der Waals surface area contributed by atoms with Gasteiger partial charge in [0.15, 0.2) is 5.82 Å². The number of hydrogen-bond donors (Lipinski definition) is 0. The van der Waals surface area contributed by atoms with Crippen molar-refractivity contribution in [1.29, 1.82) is 0 Å². The number of methoxy groups -OCH3 is 1. The summed E-state index contributed by atoms with van der Waals surface area (Å²) >= 11 is 6.21. The van der Waals surface area contributed by atoms with Crippen LogP contribution in [0.3, 0.4) is 0 Å². The fourth-order valence-electron chi connectivity index (χ4n) is 3.69. The monoisotopic (exact) mass is 482 g/mol. The van der Waals surface area contributed by atoms with Gasteiger partial charge in [0.1, 0.15) is 12.2 Å². The fourth-order valence-corrected chi connectivity index (χ4v) is 3.87. The van der Waals surface area contributed by atoms with Crippen molar-refractivity contribution in [3.05, 3.63) is 64.3 Å². The Labute approximate surface area is 191 Å². The number of ether oxygens (including phenoxy) is 3. The maximum absolute atomic E-state index is 13.9. The second-order valence-corrected chi connectivity index (χ2v) is 7.47. The van der Waals surface area contributed by atoms with Crippen molar-refractivity contribution < 1.29 is 32.2 Å². The lowest BCUT2D eigenvalue weighted by molar-refractivity contribution is -0.147. The third-order valence-corrected chi connectivity index (χ3v) is 5.21. The Morgan fingerprint density at radius 3 is 2.73 bits per heavy atom. The smallest absolute Gasteiger partial charge is 0.452 e. The van der Waals surface area contributed by atoms with E-state index >= 15 is 0 Å². The van der Waals surface area contributed by atoms with Crippen LogP contribution in [0.4, 0.5) is 13.2 Å². The second-order valence-electron chi connectivity index (χ2n) is 7.03. The molecule has 4 rings (SSSR count). The van der Waals surface area contributed by atoms with Crippen molar-refractivity contribution in [3.63, 3.8) is 0 Å². The highest BCUT2D eigenvalue weighted by molar-refractivity contribution is 6.30. The van der Waals surface area contributed by atoms with Gasteiger partial charge in [-0.2, -0.15) is 13.2 Å². The second kappa shape index (κ2) is 8.99. The van der Waals surface area contributed by atoms with Crippen molar-refractivity contribution in [2.45, 2.75) is 31.7 Å². The van der Waals surface area contributed by atoms with Gasteiger partial charge in [-0.15, -0.1) is 10.2 Å². The zero-order valence-electron chi connectivity index (χ0n) is 17.5. The largest absolute Gasteiger partial charge is 0.481 e. The minimum absolute atomic E-state index is 0.0989. The van der Waals surface area contributed by atoms with E-state index in [0.717, 1.165) is 4.57 Å². The summed E-state index contributed by atoms with van der Waals surface area (Å²) in [4.78, 5) is 16.5. The Hall–Kier alpha value is -3.18. The van der Waals surface area contributed by atoms with Gasteiger partial charge in [0.05, 0.1) is 25.8 Å². The number of pyridine rings is 1. The maximum Gasteiger partial charge on any atom is 0.452 e. The van der Waals surface area contributed by atoms with Crippen LogP contribution in [0.2, 0.25) is 5.02 Å². The van der Waals surface area contributed by atoms with E-state index in [-0.39, 0.29) is 35.4 Å². The van der Waals surface area contributed by atoms with Gasteiger partial charge in [-0.3, -0.25) is 9.36 Å². The molecule has 3 aromatic rings. The van der Waals surface area contributed by atoms with Crippen LogP contribution in [-0.2, 0) is 20.4 Å². The Morgan fingerprint density at radius 2 is 2.03 bits per heavy atom. The molecule has 33 heavy (non-hydrogen) atoms. The lowest BCUT2D eigenvalue weighted by Crippen LogP contribution is -2.18. The molecule has 0 fully saturated rings. The number of carbonyl (C=O) groups excluding carboxylic acids is 1. The molecule has 0 bridgehead atoms. The molecule has 2 aromatic heterocycles. The molecule has 3 heterocycles. The molecule has 2 atom stereocenters. The van der Waals surface area contributed by atoms with Crippen LogP contribution < -0.4 is 4.74 Å². The molecule has 0 saturated heterocycles. The minimum atomic E-state index is -4.82. The zero-order chi connectivity index (χ0) is 23.8. The molecule has 12 heteroatoms. The van der Waals surface area contributed by atoms with Crippen LogP contribution in [0.1, 0.15) is 48.3 Å². The topological polar surface area (TPSA) is 88.4 Å². The first kappa shape index (κ1) is 23.0. The summed E-state index contributed by atoms with van der Waals surface area (Å²) in [7, 11) is 1.41. The summed E-state index contributed by atoms with van der Waals surface area (Å²) in [6, 6.07) is 7.67. The number of esters is 1. The van der Waals surface area contributed by atoms with Crippen molar-refractivity contribution in [3.8, 4) is 11.6 Å². The van der Waals surface area contributed by atoms with Crippen LogP contribution >= 0.6 is 11.6 Å². The molecular weight excluding hydrogens is 465 g/mol. The Bertz CT molecular complexity index is 1180. The number of alkyl halides is 3. The number of carbonyl (C=O) groups is 1. The molecule has 8 nitrogen and oxygen atoms in total. The van der Waals surface area contributed by atoms with E-state index < -0.39 is 30.2 Å². The molecule has 0 spiro atoms. The number of halogens is 4. The minimum Gasteiger partial charge on any atom is -0.481 e. The van der Waals surface area contributed by atoms with E-state index in [2.05, 4.69) is 15.2 Å². The van der Waals surface area contributed by atoms with Gasteiger partial charge in [0, 0.05) is 22.3 Å². The molecule has 1 aromatic carbocycles. The van der Waals surface area contributed by atoms with Crippen LogP contribution in [0.5, 0.6) is 5.88 Å². The third kappa shape index (κ3) is 4.38. The van der Waals surface area contributed by atoms with Crippen molar-refractivity contribution in [1.82, 2.24) is 19.7 Å². The summed E-state index contributed by atoms with van der Waals surface area (Å²) in [5.74, 6) is -1.90. The van der Waals surface area contributed by atoms with E-state index in [1.165, 1.54) is 31.5 Å². The van der Waals surface area contributed by atoms with Gasteiger partial charge in [0.2, 0.25) is 11.7 Å². The molecule has 1 aliphatic heterocycles. The van der Waals surface area contributed by atoms with E-state index in [0.29, 0.717) is 11.1 Å². The first-order valence-corrected chi connectivity index (χ1v) is 10.2. The lowest BCUT2D eigenvalue weighted by Gasteiger charge is -2.23. The first-order valence-electron chi connectivity index (χ1n) is 9.86. The number of fused-ring (bicyclic) bond motifs is 3. The van der Waals surface area contributed by atoms with Gasteiger partial charge < -0.3 is 14.2 Å². The molecule has 0 saturated carbocycles. The standard InChI is InChI=1S/C21H18ClF3N4O4/c1-3-32-16(30)10-15-18-27-28-20(21(23,24)25)29(18)14-7-6-11(22)9-13(14)17(33-15)12-5-4-8-26-19(12)31-2/h4-9,15,17H,3,10H2,1-2H3. The predicted octanol–water partition coefficient (Wildman–Crippen LogP) is 4.46. The van der Waals surface area contributed by atoms with E-state index in [1.54, 1.807) is 19.1 Å². The summed E-state index contributed by atoms with van der Waals surface area (Å²) in [5, 5.41) is 7.38. The first-order chi connectivity index (χ1) is 15.7. The average molecular weight is 483 g/mol. The van der Waals surface area contributed by atoms with Gasteiger partial charge in [-0.1, -0.05) is 11.6 Å². The van der Waals surface area contributed by atoms with Gasteiger partial charge in [0.25, 0.3) is 0 Å². The molecule has 0 radical (unpaired) electrons. The van der Waals surface area contributed by atoms with Gasteiger partial charge in [-0.05, 0) is 37.3 Å². The van der Waals surface area contributed by atoms with Crippen LogP contribution in [0.15, 0.2) is 36.5 Å². The van der Waals surface area contributed by atoms with E-state index in [4.69, 9.17) is 25.8 Å². The summed E-state index contributed by atoms with van der Waals surface area (Å²) in [5.41, 5.74) is 0.838. The van der Waals surface area contributed by atoms with Gasteiger partial charge >= 0.3 is 12.1 Å². The number of benzene rings is 1. The van der Waals surface area contributed by atoms with Crippen molar-refractivity contribution in [2.75, 3.05) is 13.7 Å². The molecule has 0 N–H and O–H groups in total. The number of rotatable bonds is 5. The normalized spacial score (nSPS) is 17.6. The number of hydrogen-bond acceptors (Lipinski definition) is 7. The highest BCUT2D eigenvalue weighted by Gasteiger charge is 2.43. The SMILES string of the molecule is CCOC(=O)CC1OC(c2cccnc2OC)c2cc(Cl)ccc2-n2c1nnc2C(F)(F)F. The van der Waals surface area contributed by atoms with Crippen LogP contribution in [-0.4, -0.2) is 39.4 Å². The molecular formula is C21H18ClF3N4O4. The molecule has 174 valence electrons. The Morgan fingerprint density at radius 1 is 1.24 bits per heavy atom. The van der Waals surface area contributed by atoms with E-state index in [9.17, 15) is 18.0 Å². The van der Waals surface area contributed by atoms with Crippen molar-refractivity contribution in [2.24, 2.45) is 0 Å². The summed E-state index contributed by atoms with van der Waals surface area (Å²) < 4.78 is 59.0. The molecule has 1 aliphatic rings. The zero-order valence-corrected chi connectivity index (χ0v) is 18.2. The molecule has 0 amide bonds. The van der Waals surface area contributed by atoms with Gasteiger partial charge in [-0.25, -0.2) is 4.98 Å². The number of nitrogens with zero attached hydrogens (tertiary/aromatic N) is 4. The lowest BCUT2D eigenvalue weighted by atomic mass is 10.00. The third-order valence-electron chi connectivity index (χ3n) is 4.98. The van der Waals surface area contributed by atoms with Crippen LogP contribution in [0.25, 0.3) is 5.69 Å². The Kier molecular flexibility index (Phi) is 6.26. The summed E-state index contributed by atoms with van der Waals surface area (Å²) in [6.07, 6.45) is -5.89. The van der Waals surface area contributed by atoms with Crippen molar-refractivity contribution >= 4 is 17.6 Å². The fraction of sp³-hybridized carbons (Fsp3) is 0.333. The highest BCUT2D eigenvalue weighted by Crippen LogP contribution is 2.45. The highest BCUT2D eigenvalue weighted by atomic mass is 35.5. The maximum atomic E-state index is 13.9. The Balaban J connectivity index is 1.98. The number of aromatic nitrogens is 4. The average Bonchev–Trinajstić information content (AvgIpc) is 3.17. The van der Waals surface area contributed by atoms with Crippen LogP contribution in [0, 0.1) is 0 Å². The molecule has 2 unspecified atom stereocenters. The molecule has 0 aliphatic carbocycles. The predicted molar refractivity (Wildman–Crippen MR) is 109 cm³/mol.